The van der Waals surface area contributed by atoms with Gasteiger partial charge < -0.3 is 9.44 Å². The van der Waals surface area contributed by atoms with Gasteiger partial charge in [-0.15, -0.1) is 0 Å². The number of hydrogen-bond donors (Lipinski definition) is 1. The molecule has 0 radical (unpaired) electrons. The van der Waals surface area contributed by atoms with Gasteiger partial charge in [0.1, 0.15) is 5.82 Å². The van der Waals surface area contributed by atoms with Crippen molar-refractivity contribution in [2.75, 3.05) is 0 Å². The highest BCUT2D eigenvalue weighted by Crippen LogP contribution is 2.22. The molecule has 5 nitrogen and oxygen atoms in total. The monoisotopic (exact) mass is 235 g/mol. The number of aromatic nitrogens is 3. The zero-order valence-corrected chi connectivity index (χ0v) is 9.74. The molecule has 0 bridgehead atoms. The molecule has 2 aromatic heterocycles. The van der Waals surface area contributed by atoms with Crippen LogP contribution in [0.2, 0.25) is 0 Å². The average Bonchev–Trinajstić information content (AvgIpc) is 2.60. The minimum Gasteiger partial charge on any atom is -0.478 e. The van der Waals surface area contributed by atoms with Crippen molar-refractivity contribution >= 4 is 15.4 Å². The van der Waals surface area contributed by atoms with E-state index in [1.165, 1.54) is 6.20 Å². The lowest BCUT2D eigenvalue weighted by atomic mass is 10.2. The molecular weight excluding hydrogens is 225 g/mol. The van der Waals surface area contributed by atoms with Crippen molar-refractivity contribution in [3.8, 4) is 11.4 Å². The van der Waals surface area contributed by atoms with E-state index in [-0.39, 0.29) is 5.56 Å². The first-order chi connectivity index (χ1) is 7.58. The number of carboxylic acid groups (broad SMARTS) is 1. The Hall–Kier alpha value is -1.74. The normalized spacial score (nSPS) is 10.4. The largest absolute Gasteiger partial charge is 0.478 e. The molecule has 0 saturated carbocycles. The van der Waals surface area contributed by atoms with Crippen LogP contribution in [0.5, 0.6) is 0 Å². The molecule has 0 spiro atoms. The van der Waals surface area contributed by atoms with Gasteiger partial charge in [0.2, 0.25) is 0 Å². The molecule has 1 atom stereocenters. The summed E-state index contributed by atoms with van der Waals surface area (Å²) in [5.41, 5.74) is 1.67. The fourth-order valence-electron chi connectivity index (χ4n) is 1.40. The zero-order chi connectivity index (χ0) is 11.7. The maximum Gasteiger partial charge on any atom is 0.337 e. The Labute approximate surface area is 94.4 Å². The van der Waals surface area contributed by atoms with Gasteiger partial charge in [-0.05, 0) is 28.4 Å². The van der Waals surface area contributed by atoms with Crippen molar-refractivity contribution in [3.63, 3.8) is 0 Å². The summed E-state index contributed by atoms with van der Waals surface area (Å²) in [6, 6.07) is 3.33. The van der Waals surface area contributed by atoms with Crippen molar-refractivity contribution in [1.29, 1.82) is 0 Å². The number of carboxylic acids is 1. The second kappa shape index (κ2) is 4.02. The molecule has 1 N–H and O–H groups in total. The molecule has 0 aliphatic rings. The van der Waals surface area contributed by atoms with Crippen LogP contribution in [0.4, 0.5) is 0 Å². The van der Waals surface area contributed by atoms with Gasteiger partial charge in [-0.25, -0.2) is 14.8 Å². The van der Waals surface area contributed by atoms with Crippen molar-refractivity contribution in [3.05, 3.63) is 35.9 Å². The van der Waals surface area contributed by atoms with Crippen LogP contribution in [0.15, 0.2) is 24.5 Å². The van der Waals surface area contributed by atoms with Gasteiger partial charge in [0.05, 0.1) is 17.0 Å². The molecule has 6 heteroatoms. The first-order valence-corrected chi connectivity index (χ1v) is 5.10. The van der Waals surface area contributed by atoms with Gasteiger partial charge in [0, 0.05) is 12.4 Å². The lowest BCUT2D eigenvalue weighted by Gasteiger charge is -2.01. The summed E-state index contributed by atoms with van der Waals surface area (Å²) >= 11 is 0. The first-order valence-electron chi connectivity index (χ1n) is 4.58. The van der Waals surface area contributed by atoms with Crippen molar-refractivity contribution in [2.45, 2.75) is 6.92 Å². The number of carbonyl (C=O) groups is 1. The summed E-state index contributed by atoms with van der Waals surface area (Å²) in [4.78, 5) is 19.0. The summed E-state index contributed by atoms with van der Waals surface area (Å²) in [6.45, 7) is 1.79. The molecule has 16 heavy (non-hydrogen) atoms. The molecule has 2 aromatic rings. The van der Waals surface area contributed by atoms with Crippen LogP contribution in [0.1, 0.15) is 16.2 Å². The Balaban J connectivity index is 2.52. The van der Waals surface area contributed by atoms with E-state index in [0.29, 0.717) is 11.5 Å². The predicted molar refractivity (Wildman–Crippen MR) is 62.3 cm³/mol. The Morgan fingerprint density at radius 2 is 2.31 bits per heavy atom. The van der Waals surface area contributed by atoms with Crippen LogP contribution >= 0.6 is 9.39 Å². The van der Waals surface area contributed by atoms with E-state index in [9.17, 15) is 4.79 Å². The van der Waals surface area contributed by atoms with Gasteiger partial charge in [0.25, 0.3) is 0 Å². The molecule has 0 amide bonds. The van der Waals surface area contributed by atoms with Crippen LogP contribution in [-0.2, 0) is 0 Å². The minimum atomic E-state index is -0.951. The fraction of sp³-hybridized carbons (Fsp3) is 0.100. The van der Waals surface area contributed by atoms with E-state index in [4.69, 9.17) is 5.11 Å². The third-order valence-electron chi connectivity index (χ3n) is 2.13. The minimum absolute atomic E-state index is 0.237. The molecular formula is C10H10N3O2P. The summed E-state index contributed by atoms with van der Waals surface area (Å²) in [7, 11) is 2.43. The maximum absolute atomic E-state index is 10.8. The summed E-state index contributed by atoms with van der Waals surface area (Å²) in [5, 5.41) is 8.87. The maximum atomic E-state index is 10.8. The fourth-order valence-corrected chi connectivity index (χ4v) is 1.77. The highest BCUT2D eigenvalue weighted by atomic mass is 31.0. The number of nitrogens with zero attached hydrogens (tertiary/aromatic N) is 3. The third-order valence-corrected chi connectivity index (χ3v) is 2.56. The molecule has 0 aliphatic carbocycles. The highest BCUT2D eigenvalue weighted by molar-refractivity contribution is 7.14. The van der Waals surface area contributed by atoms with Crippen molar-refractivity contribution in [1.82, 2.24) is 14.3 Å². The Morgan fingerprint density at radius 3 is 2.88 bits per heavy atom. The van der Waals surface area contributed by atoms with E-state index in [2.05, 4.69) is 19.4 Å². The molecule has 0 fully saturated rings. The lowest BCUT2D eigenvalue weighted by molar-refractivity contribution is 0.0697. The van der Waals surface area contributed by atoms with E-state index in [1.807, 2.05) is 0 Å². The quantitative estimate of drug-likeness (QED) is 0.802. The Morgan fingerprint density at radius 1 is 1.56 bits per heavy atom. The van der Waals surface area contributed by atoms with Crippen LogP contribution in [-0.4, -0.2) is 25.4 Å². The second-order valence-corrected chi connectivity index (χ2v) is 3.87. The van der Waals surface area contributed by atoms with Gasteiger partial charge in [0.15, 0.2) is 0 Å². The van der Waals surface area contributed by atoms with Crippen LogP contribution < -0.4 is 0 Å². The van der Waals surface area contributed by atoms with Gasteiger partial charge in [-0.2, -0.15) is 0 Å². The van der Waals surface area contributed by atoms with Crippen LogP contribution in [0, 0.1) is 6.92 Å². The molecule has 82 valence electrons. The van der Waals surface area contributed by atoms with Gasteiger partial charge >= 0.3 is 5.97 Å². The van der Waals surface area contributed by atoms with Gasteiger partial charge in [-0.3, -0.25) is 0 Å². The number of rotatable bonds is 2. The van der Waals surface area contributed by atoms with E-state index < -0.39 is 5.97 Å². The van der Waals surface area contributed by atoms with Gasteiger partial charge in [-0.1, -0.05) is 0 Å². The van der Waals surface area contributed by atoms with Crippen LogP contribution in [0.25, 0.3) is 11.4 Å². The third kappa shape index (κ3) is 1.95. The number of hydrogen-bond acceptors (Lipinski definition) is 3. The van der Waals surface area contributed by atoms with Crippen molar-refractivity contribution in [2.24, 2.45) is 0 Å². The van der Waals surface area contributed by atoms with Crippen molar-refractivity contribution < 1.29 is 9.90 Å². The smallest absolute Gasteiger partial charge is 0.337 e. The zero-order valence-electron chi connectivity index (χ0n) is 8.58. The van der Waals surface area contributed by atoms with E-state index in [1.54, 1.807) is 29.6 Å². The number of aromatic carboxylic acids is 1. The van der Waals surface area contributed by atoms with E-state index >= 15 is 0 Å². The average molecular weight is 235 g/mol. The molecule has 2 rings (SSSR count). The highest BCUT2D eigenvalue weighted by Gasteiger charge is 2.11. The summed E-state index contributed by atoms with van der Waals surface area (Å²) in [6.07, 6.45) is 3.18. The lowest BCUT2D eigenvalue weighted by Crippen LogP contribution is -1.92. The topological polar surface area (TPSA) is 68.0 Å². The Bertz CT molecular complexity index is 551. The molecule has 2 heterocycles. The molecule has 0 aromatic carbocycles. The van der Waals surface area contributed by atoms with Crippen LogP contribution in [0.3, 0.4) is 0 Å². The molecule has 1 unspecified atom stereocenters. The van der Waals surface area contributed by atoms with E-state index in [0.717, 1.165) is 5.69 Å². The molecule has 0 aliphatic heterocycles. The Kier molecular flexibility index (Phi) is 2.71. The first kappa shape index (κ1) is 10.8. The summed E-state index contributed by atoms with van der Waals surface area (Å²) in [5.74, 6) is -0.297. The summed E-state index contributed by atoms with van der Waals surface area (Å²) < 4.78 is 1.66. The molecule has 0 saturated heterocycles. The SMILES string of the molecule is Cc1nccc(-c2cc(C(=O)O)cn2P)n1. The second-order valence-electron chi connectivity index (χ2n) is 3.32. The predicted octanol–water partition coefficient (Wildman–Crippen LogP) is 1.59. The standard InChI is InChI=1S/C10H10N3O2P/c1-6-11-3-2-8(12-6)9-4-7(10(14)15)5-13(9)16/h2-5H,16H2,1H3,(H,14,15). The number of aryl methyl sites for hydroxylation is 1.